The number of rotatable bonds is 13. The number of aliphatic hydroxyl groups is 1. The fraction of sp³-hybridized carbons (Fsp3) is 0.213. The highest BCUT2D eigenvalue weighted by molar-refractivity contribution is 5.94. The molecule has 7 rings (SSSR count). The smallest absolute Gasteiger partial charge is 0.257 e. The first-order chi connectivity index (χ1) is 28.1. The van der Waals surface area contributed by atoms with E-state index < -0.39 is 46.8 Å². The van der Waals surface area contributed by atoms with E-state index in [-0.39, 0.29) is 31.3 Å². The van der Waals surface area contributed by atoms with Gasteiger partial charge in [0.1, 0.15) is 5.56 Å². The maximum absolute atomic E-state index is 14.3. The summed E-state index contributed by atoms with van der Waals surface area (Å²) in [4.78, 5) is 15.0. The largest absolute Gasteiger partial charge is 0.392 e. The summed E-state index contributed by atoms with van der Waals surface area (Å²) in [6.07, 6.45) is -1.37. The van der Waals surface area contributed by atoms with E-state index >= 15 is 0 Å². The molecule has 0 saturated carbocycles. The zero-order chi connectivity index (χ0) is 40.8. The van der Waals surface area contributed by atoms with Crippen molar-refractivity contribution in [3.8, 4) is 11.1 Å². The molecule has 0 unspecified atom stereocenters. The Kier molecular flexibility index (Phi) is 12.7. The lowest BCUT2D eigenvalue weighted by atomic mass is 9.89. The molecule has 0 aromatic heterocycles. The molecular weight excluding hydrogens is 752 g/mol. The van der Waals surface area contributed by atoms with Gasteiger partial charge < -0.3 is 19.9 Å². The summed E-state index contributed by atoms with van der Waals surface area (Å²) in [6.45, 7) is 3.82. The molecule has 6 nitrogen and oxygen atoms in total. The third-order valence-electron chi connectivity index (χ3n) is 10.4. The normalized spacial score (nSPS) is 18.0. The topological polar surface area (TPSA) is 71.0 Å². The van der Waals surface area contributed by atoms with E-state index in [0.29, 0.717) is 25.2 Å². The van der Waals surface area contributed by atoms with Crippen LogP contribution < -0.4 is 5.32 Å². The van der Waals surface area contributed by atoms with E-state index in [4.69, 9.17) is 9.47 Å². The van der Waals surface area contributed by atoms with Crippen molar-refractivity contribution in [2.24, 2.45) is 5.92 Å². The Morgan fingerprint density at radius 2 is 1.17 bits per heavy atom. The highest BCUT2D eigenvalue weighted by Crippen LogP contribution is 2.42. The maximum Gasteiger partial charge on any atom is 0.257 e. The molecule has 0 bridgehead atoms. The molecule has 298 valence electrons. The Hall–Kier alpha value is -5.72. The van der Waals surface area contributed by atoms with Crippen LogP contribution in [0, 0.1) is 35.0 Å². The quantitative estimate of drug-likeness (QED) is 0.0693. The highest BCUT2D eigenvalue weighted by atomic mass is 19.2. The second kappa shape index (κ2) is 18.3. The number of ether oxygens (including phenoxy) is 2. The molecule has 58 heavy (non-hydrogen) atoms. The maximum atomic E-state index is 14.3. The van der Waals surface area contributed by atoms with Crippen LogP contribution in [0.4, 0.5) is 22.0 Å². The van der Waals surface area contributed by atoms with E-state index in [0.717, 1.165) is 27.8 Å². The van der Waals surface area contributed by atoms with Crippen LogP contribution in [0.25, 0.3) is 11.1 Å². The van der Waals surface area contributed by atoms with Gasteiger partial charge in [0, 0.05) is 37.7 Å². The van der Waals surface area contributed by atoms with E-state index in [2.05, 4.69) is 41.4 Å². The van der Waals surface area contributed by atoms with E-state index in [1.807, 2.05) is 91.0 Å². The van der Waals surface area contributed by atoms with Crippen molar-refractivity contribution in [2.75, 3.05) is 6.54 Å². The predicted octanol–water partition coefficient (Wildman–Crippen LogP) is 9.97. The lowest BCUT2D eigenvalue weighted by Crippen LogP contribution is -2.44. The van der Waals surface area contributed by atoms with Crippen molar-refractivity contribution in [1.82, 2.24) is 10.2 Å². The van der Waals surface area contributed by atoms with Gasteiger partial charge in [-0.15, -0.1) is 0 Å². The summed E-state index contributed by atoms with van der Waals surface area (Å²) in [5, 5.41) is 12.0. The molecule has 1 amide bonds. The molecule has 2 N–H and O–H groups in total. The van der Waals surface area contributed by atoms with Gasteiger partial charge in [-0.3, -0.25) is 9.69 Å². The Balaban J connectivity index is 1.14. The van der Waals surface area contributed by atoms with Crippen molar-refractivity contribution in [1.29, 1.82) is 0 Å². The summed E-state index contributed by atoms with van der Waals surface area (Å²) < 4.78 is 83.2. The van der Waals surface area contributed by atoms with Gasteiger partial charge in [0.15, 0.2) is 29.6 Å². The van der Waals surface area contributed by atoms with Crippen molar-refractivity contribution in [2.45, 2.75) is 51.7 Å². The average Bonchev–Trinajstić information content (AvgIpc) is 3.26. The Morgan fingerprint density at radius 1 is 0.621 bits per heavy atom. The first kappa shape index (κ1) is 40.5. The first-order valence-electron chi connectivity index (χ1n) is 18.9. The lowest BCUT2D eigenvalue weighted by Gasteiger charge is -2.43. The third-order valence-corrected chi connectivity index (χ3v) is 10.4. The van der Waals surface area contributed by atoms with Crippen molar-refractivity contribution < 1.29 is 41.3 Å². The molecule has 1 saturated heterocycles. The van der Waals surface area contributed by atoms with E-state index in [1.165, 1.54) is 11.1 Å². The molecular formula is C47H41F5N2O4. The van der Waals surface area contributed by atoms with Crippen LogP contribution in [0.15, 0.2) is 133 Å². The molecule has 1 heterocycles. The predicted molar refractivity (Wildman–Crippen MR) is 209 cm³/mol. The molecule has 0 radical (unpaired) electrons. The zero-order valence-corrected chi connectivity index (χ0v) is 31.6. The second-order valence-corrected chi connectivity index (χ2v) is 14.4. The van der Waals surface area contributed by atoms with Gasteiger partial charge in [0.25, 0.3) is 5.91 Å². The number of nitrogens with zero attached hydrogens (tertiary/aromatic N) is 1. The first-order valence-corrected chi connectivity index (χ1v) is 18.9. The molecule has 11 heteroatoms. The Bertz CT molecular complexity index is 2280. The summed E-state index contributed by atoms with van der Waals surface area (Å²) in [6, 6.07) is 43.0. The van der Waals surface area contributed by atoms with E-state index in [9.17, 15) is 31.9 Å². The number of hydrogen-bond donors (Lipinski definition) is 2. The molecule has 6 aromatic rings. The molecule has 0 aliphatic carbocycles. The number of benzene rings is 6. The lowest BCUT2D eigenvalue weighted by molar-refractivity contribution is -0.276. The molecule has 1 fully saturated rings. The minimum Gasteiger partial charge on any atom is -0.392 e. The summed E-state index contributed by atoms with van der Waals surface area (Å²) >= 11 is 0. The summed E-state index contributed by atoms with van der Waals surface area (Å²) in [5.41, 5.74) is 5.35. The molecule has 4 atom stereocenters. The van der Waals surface area contributed by atoms with Gasteiger partial charge in [0.05, 0.1) is 18.8 Å². The van der Waals surface area contributed by atoms with Crippen LogP contribution in [0.2, 0.25) is 0 Å². The Morgan fingerprint density at radius 3 is 1.78 bits per heavy atom. The van der Waals surface area contributed by atoms with Gasteiger partial charge in [-0.25, -0.2) is 22.0 Å². The van der Waals surface area contributed by atoms with Crippen LogP contribution in [0.5, 0.6) is 0 Å². The van der Waals surface area contributed by atoms with Crippen LogP contribution >= 0.6 is 0 Å². The van der Waals surface area contributed by atoms with Gasteiger partial charge in [-0.05, 0) is 51.1 Å². The zero-order valence-electron chi connectivity index (χ0n) is 31.6. The molecule has 0 spiro atoms. The number of nitrogens with one attached hydrogen (secondary N) is 1. The van der Waals surface area contributed by atoms with E-state index in [1.54, 1.807) is 18.2 Å². The molecule has 1 aliphatic heterocycles. The van der Waals surface area contributed by atoms with Crippen LogP contribution in [0.1, 0.15) is 63.1 Å². The number of amides is 1. The third kappa shape index (κ3) is 9.19. The fourth-order valence-electron chi connectivity index (χ4n) is 7.25. The molecule has 6 aromatic carbocycles. The van der Waals surface area contributed by atoms with Gasteiger partial charge >= 0.3 is 0 Å². The van der Waals surface area contributed by atoms with Gasteiger partial charge in [-0.1, -0.05) is 128 Å². The average molecular weight is 793 g/mol. The minimum atomic E-state index is -2.34. The Labute approximate surface area is 333 Å². The number of hydrogen-bond acceptors (Lipinski definition) is 5. The minimum absolute atomic E-state index is 0.0646. The number of halogens is 5. The fourth-order valence-corrected chi connectivity index (χ4v) is 7.25. The van der Waals surface area contributed by atoms with Crippen molar-refractivity contribution in [3.63, 3.8) is 0 Å². The number of aliphatic hydroxyl groups excluding tert-OH is 1. The number of carbonyl (C=O) groups excluding carboxylic acids is 1. The summed E-state index contributed by atoms with van der Waals surface area (Å²) in [7, 11) is 0. The monoisotopic (exact) mass is 792 g/mol. The van der Waals surface area contributed by atoms with Gasteiger partial charge in [0.2, 0.25) is 5.82 Å². The van der Waals surface area contributed by atoms with Crippen molar-refractivity contribution in [3.05, 3.63) is 201 Å². The second-order valence-electron chi connectivity index (χ2n) is 14.4. The van der Waals surface area contributed by atoms with Crippen molar-refractivity contribution >= 4 is 5.91 Å². The molecule has 1 aliphatic rings. The summed E-state index contributed by atoms with van der Waals surface area (Å²) in [5.74, 6) is -12.6. The van der Waals surface area contributed by atoms with Gasteiger partial charge in [-0.2, -0.15) is 0 Å². The van der Waals surface area contributed by atoms with Crippen LogP contribution in [-0.2, 0) is 35.7 Å². The van der Waals surface area contributed by atoms with Crippen LogP contribution in [0.3, 0.4) is 0 Å². The number of carbonyl (C=O) groups is 1. The van der Waals surface area contributed by atoms with Crippen LogP contribution in [-0.4, -0.2) is 28.6 Å². The highest BCUT2D eigenvalue weighted by Gasteiger charge is 2.39. The standard InChI is InChI=1S/C47H41F5N2O4/c1-29-38(27-54(25-30-10-4-2-5-11-30)26-31-12-6-3-7-13-31)57-47(58-45(29)34-20-18-32(28-55)19-21-34)37-17-9-16-36(23-37)35-15-8-14-33(22-35)24-53-46(56)39-40(48)42(50)44(52)43(51)41(39)49/h2-23,29,38,45,47,55H,24-28H2,1H3,(H,53,56)/t29-,38+,45+,47+/m0/s1. The SMILES string of the molecule is C[C@H]1[C@@H](CN(Cc2ccccc2)Cc2ccccc2)O[C@@H](c2cccc(-c3cccc(CNC(=O)c4c(F)c(F)c(F)c(F)c4F)c3)c2)O[C@H]1c1ccc(CO)cc1.